The van der Waals surface area contributed by atoms with E-state index in [-0.39, 0.29) is 5.91 Å². The maximum atomic E-state index is 12.0. The zero-order chi connectivity index (χ0) is 14.0. The van der Waals surface area contributed by atoms with Crippen LogP contribution in [-0.2, 0) is 7.05 Å². The third-order valence-electron chi connectivity index (χ3n) is 3.04. The van der Waals surface area contributed by atoms with E-state index < -0.39 is 6.10 Å². The van der Waals surface area contributed by atoms with Crippen LogP contribution in [0.15, 0.2) is 6.07 Å². The molecule has 6 heteroatoms. The maximum absolute atomic E-state index is 12.0. The smallest absolute Gasteiger partial charge is 0.261 e. The number of fused-ring (bicyclic) bond motifs is 1. The second kappa shape index (κ2) is 5.71. The summed E-state index contributed by atoms with van der Waals surface area (Å²) in [6.07, 6.45) is 1.15. The van der Waals surface area contributed by atoms with Crippen LogP contribution in [0.5, 0.6) is 0 Å². The van der Waals surface area contributed by atoms with Gasteiger partial charge in [0, 0.05) is 19.0 Å². The normalized spacial score (nSPS) is 12.8. The van der Waals surface area contributed by atoms with Crippen molar-refractivity contribution in [3.05, 3.63) is 16.6 Å². The van der Waals surface area contributed by atoms with Gasteiger partial charge in [0.25, 0.3) is 5.91 Å². The molecule has 0 aliphatic heterocycles. The van der Waals surface area contributed by atoms with E-state index in [0.717, 1.165) is 22.3 Å². The number of aliphatic hydroxyl groups is 1. The van der Waals surface area contributed by atoms with Gasteiger partial charge in [-0.05, 0) is 19.4 Å². The highest BCUT2D eigenvalue weighted by atomic mass is 32.1. The van der Waals surface area contributed by atoms with Gasteiger partial charge in [0.1, 0.15) is 4.83 Å². The van der Waals surface area contributed by atoms with E-state index in [2.05, 4.69) is 10.4 Å². The van der Waals surface area contributed by atoms with Crippen LogP contribution in [0.4, 0.5) is 0 Å². The van der Waals surface area contributed by atoms with Gasteiger partial charge in [-0.3, -0.25) is 9.48 Å². The molecule has 5 nitrogen and oxygen atoms in total. The molecule has 0 aliphatic carbocycles. The average Bonchev–Trinajstić information content (AvgIpc) is 2.90. The van der Waals surface area contributed by atoms with E-state index in [4.69, 9.17) is 0 Å². The molecule has 0 aliphatic rings. The van der Waals surface area contributed by atoms with E-state index in [0.29, 0.717) is 17.8 Å². The molecular weight excluding hydrogens is 262 g/mol. The average molecular weight is 281 g/mol. The molecule has 2 N–H and O–H groups in total. The quantitative estimate of drug-likeness (QED) is 0.878. The van der Waals surface area contributed by atoms with Gasteiger partial charge < -0.3 is 10.4 Å². The number of aryl methyl sites for hydroxylation is 2. The summed E-state index contributed by atoms with van der Waals surface area (Å²) >= 11 is 1.42. The molecule has 1 amide bonds. The summed E-state index contributed by atoms with van der Waals surface area (Å²) < 4.78 is 1.79. The Bertz CT molecular complexity index is 553. The van der Waals surface area contributed by atoms with Gasteiger partial charge in [0.15, 0.2) is 0 Å². The summed E-state index contributed by atoms with van der Waals surface area (Å²) in [5.41, 5.74) is 0.929. The van der Waals surface area contributed by atoms with Crippen molar-refractivity contribution >= 4 is 27.5 Å². The minimum Gasteiger partial charge on any atom is -0.391 e. The van der Waals surface area contributed by atoms with Crippen LogP contribution in [0.1, 0.15) is 35.1 Å². The van der Waals surface area contributed by atoms with Gasteiger partial charge in [-0.15, -0.1) is 11.3 Å². The molecule has 2 aromatic rings. The van der Waals surface area contributed by atoms with Crippen LogP contribution in [0.3, 0.4) is 0 Å². The maximum Gasteiger partial charge on any atom is 0.261 e. The number of nitrogens with zero attached hydrogens (tertiary/aromatic N) is 2. The number of amides is 1. The number of hydrogen-bond acceptors (Lipinski definition) is 4. The Morgan fingerprint density at radius 1 is 1.63 bits per heavy atom. The molecule has 2 rings (SSSR count). The van der Waals surface area contributed by atoms with Crippen LogP contribution in [-0.4, -0.2) is 33.4 Å². The monoisotopic (exact) mass is 281 g/mol. The first-order chi connectivity index (χ1) is 9.02. The molecule has 0 fully saturated rings. The standard InChI is InChI=1S/C13H19N3O2S/c1-4-5-9(17)7-14-12(18)11-6-10-8(2)15-16(3)13(10)19-11/h6,9,17H,4-5,7H2,1-3H3,(H,14,18). The molecule has 0 radical (unpaired) electrons. The number of carbonyl (C=O) groups excluding carboxylic acids is 1. The second-order valence-electron chi connectivity index (χ2n) is 4.69. The van der Waals surface area contributed by atoms with Gasteiger partial charge >= 0.3 is 0 Å². The predicted octanol–water partition coefficient (Wildman–Crippen LogP) is 1.83. The predicted molar refractivity (Wildman–Crippen MR) is 76.6 cm³/mol. The van der Waals surface area contributed by atoms with Crippen molar-refractivity contribution in [1.29, 1.82) is 0 Å². The molecule has 1 atom stereocenters. The molecule has 2 heterocycles. The Morgan fingerprint density at radius 2 is 2.37 bits per heavy atom. The first-order valence-electron chi connectivity index (χ1n) is 6.42. The zero-order valence-electron chi connectivity index (χ0n) is 11.4. The molecule has 0 spiro atoms. The number of hydrogen-bond donors (Lipinski definition) is 2. The van der Waals surface area contributed by atoms with E-state index in [1.165, 1.54) is 11.3 Å². The van der Waals surface area contributed by atoms with E-state index in [1.807, 2.05) is 27.0 Å². The van der Waals surface area contributed by atoms with Crippen molar-refractivity contribution in [2.75, 3.05) is 6.54 Å². The second-order valence-corrected chi connectivity index (χ2v) is 5.72. The van der Waals surface area contributed by atoms with Crippen LogP contribution in [0.25, 0.3) is 10.2 Å². The van der Waals surface area contributed by atoms with Crippen molar-refractivity contribution < 1.29 is 9.90 Å². The highest BCUT2D eigenvalue weighted by Crippen LogP contribution is 2.27. The molecule has 0 bridgehead atoms. The highest BCUT2D eigenvalue weighted by molar-refractivity contribution is 7.20. The third-order valence-corrected chi connectivity index (χ3v) is 4.24. The topological polar surface area (TPSA) is 67.2 Å². The van der Waals surface area contributed by atoms with Gasteiger partial charge in [-0.25, -0.2) is 0 Å². The summed E-state index contributed by atoms with van der Waals surface area (Å²) in [7, 11) is 1.87. The Balaban J connectivity index is 2.07. The van der Waals surface area contributed by atoms with Gasteiger partial charge in [0.2, 0.25) is 0 Å². The number of thiophene rings is 1. The number of aliphatic hydroxyl groups excluding tert-OH is 1. The van der Waals surface area contributed by atoms with Crippen LogP contribution >= 0.6 is 11.3 Å². The molecule has 2 aromatic heterocycles. The van der Waals surface area contributed by atoms with Gasteiger partial charge in [0.05, 0.1) is 16.7 Å². The van der Waals surface area contributed by atoms with Crippen molar-refractivity contribution in [2.45, 2.75) is 32.8 Å². The minimum atomic E-state index is -0.466. The molecule has 19 heavy (non-hydrogen) atoms. The molecule has 0 saturated carbocycles. The van der Waals surface area contributed by atoms with Crippen molar-refractivity contribution in [1.82, 2.24) is 15.1 Å². The number of aromatic nitrogens is 2. The Labute approximate surface area is 116 Å². The SMILES string of the molecule is CCCC(O)CNC(=O)c1cc2c(C)nn(C)c2s1. The summed E-state index contributed by atoms with van der Waals surface area (Å²) in [5.74, 6) is -0.129. The van der Waals surface area contributed by atoms with Crippen LogP contribution in [0, 0.1) is 6.92 Å². The Hall–Kier alpha value is -1.40. The Morgan fingerprint density at radius 3 is 3.00 bits per heavy atom. The van der Waals surface area contributed by atoms with E-state index in [1.54, 1.807) is 4.68 Å². The molecule has 0 saturated heterocycles. The molecule has 0 aromatic carbocycles. The van der Waals surface area contributed by atoms with Crippen molar-refractivity contribution in [3.8, 4) is 0 Å². The fourth-order valence-corrected chi connectivity index (χ4v) is 3.09. The fraction of sp³-hybridized carbons (Fsp3) is 0.538. The largest absolute Gasteiger partial charge is 0.391 e. The summed E-state index contributed by atoms with van der Waals surface area (Å²) in [6, 6.07) is 1.86. The van der Waals surface area contributed by atoms with Crippen molar-refractivity contribution in [2.24, 2.45) is 7.05 Å². The first-order valence-corrected chi connectivity index (χ1v) is 7.24. The lowest BCUT2D eigenvalue weighted by atomic mass is 10.2. The summed E-state index contributed by atoms with van der Waals surface area (Å²) in [5, 5.41) is 17.7. The van der Waals surface area contributed by atoms with Gasteiger partial charge in [-0.1, -0.05) is 13.3 Å². The fourth-order valence-electron chi connectivity index (χ4n) is 2.05. The highest BCUT2D eigenvalue weighted by Gasteiger charge is 2.15. The lowest BCUT2D eigenvalue weighted by Gasteiger charge is -2.09. The third kappa shape index (κ3) is 2.96. The van der Waals surface area contributed by atoms with Crippen LogP contribution < -0.4 is 5.32 Å². The Kier molecular flexibility index (Phi) is 4.21. The summed E-state index contributed by atoms with van der Waals surface area (Å²) in [6.45, 7) is 4.24. The number of rotatable bonds is 5. The minimum absolute atomic E-state index is 0.129. The molecule has 1 unspecified atom stereocenters. The molecular formula is C13H19N3O2S. The first kappa shape index (κ1) is 14.0. The number of carbonyl (C=O) groups is 1. The molecule has 104 valence electrons. The lowest BCUT2D eigenvalue weighted by Crippen LogP contribution is -2.31. The zero-order valence-corrected chi connectivity index (χ0v) is 12.3. The van der Waals surface area contributed by atoms with Crippen molar-refractivity contribution in [3.63, 3.8) is 0 Å². The van der Waals surface area contributed by atoms with Crippen LogP contribution in [0.2, 0.25) is 0 Å². The van der Waals surface area contributed by atoms with E-state index >= 15 is 0 Å². The summed E-state index contributed by atoms with van der Waals surface area (Å²) in [4.78, 5) is 13.7. The van der Waals surface area contributed by atoms with E-state index in [9.17, 15) is 9.90 Å². The number of nitrogens with one attached hydrogen (secondary N) is 1. The lowest BCUT2D eigenvalue weighted by molar-refractivity contribution is 0.0914. The van der Waals surface area contributed by atoms with Gasteiger partial charge in [-0.2, -0.15) is 5.10 Å².